The van der Waals surface area contributed by atoms with E-state index in [1.807, 2.05) is 52.0 Å². The number of aromatic nitrogens is 1. The molecule has 2 aromatic rings. The molecule has 0 spiro atoms. The van der Waals surface area contributed by atoms with Gasteiger partial charge in [-0.3, -0.25) is 20.2 Å². The van der Waals surface area contributed by atoms with E-state index in [0.717, 1.165) is 16.5 Å². The Bertz CT molecular complexity index is 1160. The molecule has 0 aliphatic carbocycles. The van der Waals surface area contributed by atoms with Crippen LogP contribution in [0.1, 0.15) is 59.4 Å². The lowest BCUT2D eigenvalue weighted by atomic mass is 9.99. The van der Waals surface area contributed by atoms with Crippen molar-refractivity contribution in [1.29, 1.82) is 0 Å². The lowest BCUT2D eigenvalue weighted by molar-refractivity contribution is -0.132. The molecule has 0 radical (unpaired) electrons. The summed E-state index contributed by atoms with van der Waals surface area (Å²) in [7, 11) is 0. The van der Waals surface area contributed by atoms with Crippen LogP contribution in [0.25, 0.3) is 10.9 Å². The van der Waals surface area contributed by atoms with Crippen molar-refractivity contribution in [2.75, 3.05) is 0 Å². The number of hydrogen-bond donors (Lipinski definition) is 10. The van der Waals surface area contributed by atoms with E-state index in [-0.39, 0.29) is 24.7 Å². The molecule has 0 saturated carbocycles. The van der Waals surface area contributed by atoms with Gasteiger partial charge in [-0.15, -0.1) is 0 Å². The summed E-state index contributed by atoms with van der Waals surface area (Å²) >= 11 is 0. The third kappa shape index (κ3) is 11.3. The van der Waals surface area contributed by atoms with E-state index < -0.39 is 60.7 Å². The van der Waals surface area contributed by atoms with Crippen LogP contribution in [0, 0.1) is 11.8 Å². The Morgan fingerprint density at radius 1 is 0.930 bits per heavy atom. The lowest BCUT2D eigenvalue weighted by Crippen LogP contribution is -2.61. The number of carbonyl (C=O) groups excluding carboxylic acids is 3. The van der Waals surface area contributed by atoms with Crippen molar-refractivity contribution < 1.29 is 29.7 Å². The molecule has 0 fully saturated rings. The largest absolute Gasteiger partial charge is 0.379 e. The molecule has 0 bridgehead atoms. The quantitative estimate of drug-likeness (QED) is 0.0732. The van der Waals surface area contributed by atoms with Gasteiger partial charge in [0, 0.05) is 36.0 Å². The summed E-state index contributed by atoms with van der Waals surface area (Å²) in [6.07, 6.45) is -0.651. The number of aromatic amines is 1. The topological polar surface area (TPSA) is 228 Å². The predicted molar refractivity (Wildman–Crippen MR) is 165 cm³/mol. The Morgan fingerprint density at radius 3 is 2.16 bits per heavy atom. The number of rotatable bonds is 19. The van der Waals surface area contributed by atoms with Crippen molar-refractivity contribution in [3.63, 3.8) is 0 Å². The molecule has 0 aliphatic heterocycles. The minimum atomic E-state index is -1.38. The van der Waals surface area contributed by atoms with E-state index in [4.69, 9.17) is 11.5 Å². The van der Waals surface area contributed by atoms with E-state index in [1.165, 1.54) is 0 Å². The number of para-hydroxylation sites is 1. The zero-order chi connectivity index (χ0) is 32.3. The van der Waals surface area contributed by atoms with Gasteiger partial charge in [0.2, 0.25) is 11.8 Å². The van der Waals surface area contributed by atoms with E-state index in [2.05, 4.69) is 26.3 Å². The summed E-state index contributed by atoms with van der Waals surface area (Å²) in [5, 5.41) is 43.4. The number of benzene rings is 1. The molecular formula is C30H51N7O6. The fraction of sp³-hybridized carbons (Fsp3) is 0.633. The number of fused-ring (bicyclic) bond motifs is 1. The number of aliphatic hydroxyl groups is 3. The van der Waals surface area contributed by atoms with Gasteiger partial charge in [-0.25, -0.2) is 0 Å². The van der Waals surface area contributed by atoms with Crippen LogP contribution in [-0.4, -0.2) is 87.3 Å². The molecule has 2 rings (SSSR count). The highest BCUT2D eigenvalue weighted by molar-refractivity contribution is 5.91. The molecule has 12 N–H and O–H groups in total. The average molecular weight is 606 g/mol. The first-order valence-corrected chi connectivity index (χ1v) is 15.0. The van der Waals surface area contributed by atoms with Crippen LogP contribution in [0.5, 0.6) is 0 Å². The van der Waals surface area contributed by atoms with Crippen LogP contribution in [0.2, 0.25) is 0 Å². The normalized spacial score (nSPS) is 17.6. The van der Waals surface area contributed by atoms with Crippen LogP contribution in [0.4, 0.5) is 0 Å². The standard InChI is InChI=1S/C30H51N7O6/c1-6-19(15-38)34-30(43)26(17(4)5)37-29(42)23(12-18-14-33-22-10-8-7-9-20(18)22)36-28(41)24(13-25(32)39)35-27(40)21(31)11-16(2)3/h7-10,14-17,19,21,23-27,30,33-35,39-40,43H,6,11-13,31-32H2,1-5H3,(H,36,41)(H,37,42)/t19?,21?,23?,24-,25?,26?,27?,30?/m1/s1. The van der Waals surface area contributed by atoms with Crippen molar-refractivity contribution in [1.82, 2.24) is 26.3 Å². The van der Waals surface area contributed by atoms with Crippen LogP contribution in [-0.2, 0) is 20.8 Å². The molecule has 242 valence electrons. The van der Waals surface area contributed by atoms with Gasteiger partial charge >= 0.3 is 0 Å². The Balaban J connectivity index is 2.35. The highest BCUT2D eigenvalue weighted by Crippen LogP contribution is 2.20. The third-order valence-corrected chi connectivity index (χ3v) is 7.40. The molecule has 13 nitrogen and oxygen atoms in total. The number of aliphatic hydroxyl groups excluding tert-OH is 3. The molecule has 7 unspecified atom stereocenters. The second-order valence-electron chi connectivity index (χ2n) is 11.9. The van der Waals surface area contributed by atoms with Gasteiger partial charge in [0.05, 0.1) is 18.1 Å². The SMILES string of the molecule is CCC(C=O)NC(O)C(NC(=O)C(Cc1c[nH]c2ccccc12)NC(=O)[C@@H](CC(N)O)NC(O)C(N)CC(C)C)C(C)C. The van der Waals surface area contributed by atoms with E-state index >= 15 is 0 Å². The van der Waals surface area contributed by atoms with Crippen LogP contribution >= 0.6 is 0 Å². The van der Waals surface area contributed by atoms with Gasteiger partial charge in [0.15, 0.2) is 0 Å². The minimum absolute atomic E-state index is 0.0924. The number of nitrogens with one attached hydrogen (secondary N) is 5. The van der Waals surface area contributed by atoms with Gasteiger partial charge in [-0.05, 0) is 36.3 Å². The van der Waals surface area contributed by atoms with E-state index in [9.17, 15) is 29.7 Å². The number of nitrogens with two attached hydrogens (primary N) is 2. The summed E-state index contributed by atoms with van der Waals surface area (Å²) in [6.45, 7) is 9.33. The van der Waals surface area contributed by atoms with Gasteiger partial charge < -0.3 is 47.2 Å². The fourth-order valence-corrected chi connectivity index (χ4v) is 4.95. The Kier molecular flexibility index (Phi) is 14.7. The van der Waals surface area contributed by atoms with Gasteiger partial charge in [-0.2, -0.15) is 0 Å². The summed E-state index contributed by atoms with van der Waals surface area (Å²) in [6, 6.07) is 3.17. The summed E-state index contributed by atoms with van der Waals surface area (Å²) in [4.78, 5) is 41.8. The molecule has 2 amide bonds. The fourth-order valence-electron chi connectivity index (χ4n) is 4.95. The molecule has 8 atom stereocenters. The molecule has 1 aromatic heterocycles. The number of H-pyrrole nitrogens is 1. The molecule has 43 heavy (non-hydrogen) atoms. The second-order valence-corrected chi connectivity index (χ2v) is 11.9. The Hall–Kier alpha value is -2.91. The molecule has 1 aromatic carbocycles. The van der Waals surface area contributed by atoms with Crippen molar-refractivity contribution in [3.8, 4) is 0 Å². The van der Waals surface area contributed by atoms with E-state index in [0.29, 0.717) is 19.1 Å². The van der Waals surface area contributed by atoms with E-state index in [1.54, 1.807) is 13.1 Å². The van der Waals surface area contributed by atoms with Crippen molar-refractivity contribution >= 4 is 29.0 Å². The highest BCUT2D eigenvalue weighted by atomic mass is 16.3. The summed E-state index contributed by atoms with van der Waals surface area (Å²) in [5.41, 5.74) is 13.3. The first-order chi connectivity index (χ1) is 20.3. The summed E-state index contributed by atoms with van der Waals surface area (Å²) in [5.74, 6) is -1.28. The Morgan fingerprint density at radius 2 is 1.58 bits per heavy atom. The predicted octanol–water partition coefficient (Wildman–Crippen LogP) is -0.461. The third-order valence-electron chi connectivity index (χ3n) is 7.40. The minimum Gasteiger partial charge on any atom is -0.379 e. The van der Waals surface area contributed by atoms with Gasteiger partial charge in [0.25, 0.3) is 0 Å². The molecule has 0 saturated heterocycles. The van der Waals surface area contributed by atoms with Gasteiger partial charge in [0.1, 0.15) is 31.0 Å². The van der Waals surface area contributed by atoms with Gasteiger partial charge in [-0.1, -0.05) is 52.8 Å². The highest BCUT2D eigenvalue weighted by Gasteiger charge is 2.33. The molecule has 0 aliphatic rings. The van der Waals surface area contributed by atoms with Crippen LogP contribution in [0.15, 0.2) is 30.5 Å². The number of carbonyl (C=O) groups is 3. The van der Waals surface area contributed by atoms with Crippen molar-refractivity contribution in [3.05, 3.63) is 36.0 Å². The molecular weight excluding hydrogens is 554 g/mol. The van der Waals surface area contributed by atoms with Crippen LogP contribution < -0.4 is 32.7 Å². The zero-order valence-corrected chi connectivity index (χ0v) is 25.8. The maximum atomic E-state index is 13.8. The first-order valence-electron chi connectivity index (χ1n) is 15.0. The first kappa shape index (κ1) is 36.3. The maximum absolute atomic E-state index is 13.8. The summed E-state index contributed by atoms with van der Waals surface area (Å²) < 4.78 is 0. The monoisotopic (exact) mass is 605 g/mol. The molecule has 1 heterocycles. The Labute approximate surface area is 253 Å². The second kappa shape index (κ2) is 17.4. The molecule has 13 heteroatoms. The van der Waals surface area contributed by atoms with Crippen LogP contribution in [0.3, 0.4) is 0 Å². The number of hydrogen-bond acceptors (Lipinski definition) is 10. The average Bonchev–Trinajstić information content (AvgIpc) is 3.35. The zero-order valence-electron chi connectivity index (χ0n) is 25.8. The van der Waals surface area contributed by atoms with Crippen molar-refractivity contribution in [2.45, 2.75) is 109 Å². The van der Waals surface area contributed by atoms with Crippen molar-refractivity contribution in [2.24, 2.45) is 23.3 Å². The smallest absolute Gasteiger partial charge is 0.243 e. The maximum Gasteiger partial charge on any atom is 0.243 e. The number of aldehydes is 1. The number of amides is 2. The lowest BCUT2D eigenvalue weighted by Gasteiger charge is -2.32.